The van der Waals surface area contributed by atoms with E-state index in [0.29, 0.717) is 6.04 Å². The lowest BCUT2D eigenvalue weighted by atomic mass is 9.97. The maximum atomic E-state index is 5.33. The van der Waals surface area contributed by atoms with Crippen LogP contribution in [-0.2, 0) is 0 Å². The molecule has 0 aliphatic heterocycles. The predicted octanol–water partition coefficient (Wildman–Crippen LogP) is 0.604. The molecule has 0 spiro atoms. The fourth-order valence-corrected chi connectivity index (χ4v) is 0.870. The smallest absolute Gasteiger partial charge is 0.205 e. The number of hydrogen-bond acceptors (Lipinski definition) is 2. The van der Waals surface area contributed by atoms with Crippen molar-refractivity contribution in [1.82, 2.24) is 10.7 Å². The highest BCUT2D eigenvalue weighted by Crippen LogP contribution is 2.18. The molecule has 4 heteroatoms. The average molecular weight is 184 g/mol. The Bertz CT molecular complexity index is 188. The molecule has 0 heterocycles. The second kappa shape index (κ2) is 3.96. The van der Waals surface area contributed by atoms with Crippen molar-refractivity contribution in [1.29, 1.82) is 0 Å². The highest BCUT2D eigenvalue weighted by molar-refractivity contribution is 5.79. The van der Waals surface area contributed by atoms with Gasteiger partial charge in [-0.05, 0) is 18.3 Å². The molecule has 1 aliphatic rings. The molecule has 1 aliphatic carbocycles. The van der Waals surface area contributed by atoms with Crippen LogP contribution in [0.15, 0.2) is 4.99 Å². The van der Waals surface area contributed by atoms with Crippen LogP contribution in [0.3, 0.4) is 0 Å². The molecule has 0 atom stereocenters. The van der Waals surface area contributed by atoms with Gasteiger partial charge in [-0.1, -0.05) is 20.8 Å². The minimum Gasteiger partial charge on any atom is -0.353 e. The molecule has 0 aromatic rings. The van der Waals surface area contributed by atoms with E-state index in [2.05, 4.69) is 36.5 Å². The number of nitrogens with one attached hydrogen (secondary N) is 2. The van der Waals surface area contributed by atoms with Crippen LogP contribution in [-0.4, -0.2) is 18.5 Å². The van der Waals surface area contributed by atoms with Gasteiger partial charge in [0.15, 0.2) is 0 Å². The molecular weight excluding hydrogens is 164 g/mol. The van der Waals surface area contributed by atoms with Crippen LogP contribution in [0.1, 0.15) is 33.6 Å². The first-order valence-corrected chi connectivity index (χ1v) is 4.79. The zero-order valence-electron chi connectivity index (χ0n) is 8.72. The van der Waals surface area contributed by atoms with Crippen LogP contribution < -0.4 is 16.6 Å². The standard InChI is InChI=1S/C9H20N4/c1-9(2,3)6-11-8(13-10)12-7-4-5-7/h7H,4-6,10H2,1-3H3,(H2,11,12,13). The molecule has 1 rings (SSSR count). The number of aliphatic imine (C=N–C) groups is 1. The van der Waals surface area contributed by atoms with Crippen molar-refractivity contribution in [3.05, 3.63) is 0 Å². The van der Waals surface area contributed by atoms with Gasteiger partial charge in [0.2, 0.25) is 5.96 Å². The zero-order valence-corrected chi connectivity index (χ0v) is 8.72. The summed E-state index contributed by atoms with van der Waals surface area (Å²) in [6.45, 7) is 7.25. The summed E-state index contributed by atoms with van der Waals surface area (Å²) < 4.78 is 0. The van der Waals surface area contributed by atoms with Crippen LogP contribution in [0.25, 0.3) is 0 Å². The van der Waals surface area contributed by atoms with E-state index in [1.165, 1.54) is 12.8 Å². The largest absolute Gasteiger partial charge is 0.353 e. The number of hydrogen-bond donors (Lipinski definition) is 3. The van der Waals surface area contributed by atoms with Gasteiger partial charge in [0.1, 0.15) is 0 Å². The number of rotatable bonds is 2. The number of nitrogens with two attached hydrogens (primary N) is 1. The normalized spacial score (nSPS) is 18.6. The highest BCUT2D eigenvalue weighted by atomic mass is 15.3. The molecule has 4 N–H and O–H groups in total. The Hall–Kier alpha value is -0.770. The van der Waals surface area contributed by atoms with E-state index in [9.17, 15) is 0 Å². The van der Waals surface area contributed by atoms with Crippen LogP contribution in [0, 0.1) is 5.41 Å². The van der Waals surface area contributed by atoms with Gasteiger partial charge in [0, 0.05) is 12.6 Å². The molecule has 0 bridgehead atoms. The summed E-state index contributed by atoms with van der Waals surface area (Å²) in [5, 5.41) is 3.23. The van der Waals surface area contributed by atoms with Crippen molar-refractivity contribution in [2.24, 2.45) is 16.3 Å². The molecule has 0 aromatic heterocycles. The van der Waals surface area contributed by atoms with Gasteiger partial charge in [0.25, 0.3) is 0 Å². The van der Waals surface area contributed by atoms with Crippen LogP contribution >= 0.6 is 0 Å². The third-order valence-electron chi connectivity index (χ3n) is 1.77. The van der Waals surface area contributed by atoms with Gasteiger partial charge >= 0.3 is 0 Å². The first kappa shape index (κ1) is 10.3. The number of hydrazine groups is 1. The minimum absolute atomic E-state index is 0.216. The Kier molecular flexibility index (Phi) is 3.14. The van der Waals surface area contributed by atoms with Crippen molar-refractivity contribution in [3.8, 4) is 0 Å². The summed E-state index contributed by atoms with van der Waals surface area (Å²) in [5.41, 5.74) is 2.80. The quantitative estimate of drug-likeness (QED) is 0.255. The van der Waals surface area contributed by atoms with Gasteiger partial charge < -0.3 is 5.32 Å². The SMILES string of the molecule is CC(C)(C)CN=C(NN)NC1CC1. The van der Waals surface area contributed by atoms with Crippen molar-refractivity contribution >= 4 is 5.96 Å². The fourth-order valence-electron chi connectivity index (χ4n) is 0.870. The lowest BCUT2D eigenvalue weighted by Crippen LogP contribution is -2.43. The van der Waals surface area contributed by atoms with Gasteiger partial charge in [-0.3, -0.25) is 10.4 Å². The molecule has 76 valence electrons. The maximum Gasteiger partial charge on any atom is 0.205 e. The Labute approximate surface area is 80.0 Å². The highest BCUT2D eigenvalue weighted by Gasteiger charge is 2.22. The van der Waals surface area contributed by atoms with Crippen molar-refractivity contribution in [2.45, 2.75) is 39.7 Å². The Morgan fingerprint density at radius 1 is 1.46 bits per heavy atom. The molecule has 0 aromatic carbocycles. The second-order valence-electron chi connectivity index (χ2n) is 4.79. The molecule has 1 fully saturated rings. The fraction of sp³-hybridized carbons (Fsp3) is 0.889. The first-order valence-electron chi connectivity index (χ1n) is 4.79. The third kappa shape index (κ3) is 4.72. The lowest BCUT2D eigenvalue weighted by Gasteiger charge is -2.16. The molecule has 1 saturated carbocycles. The summed E-state index contributed by atoms with van der Waals surface area (Å²) in [6.07, 6.45) is 2.46. The first-order chi connectivity index (χ1) is 6.01. The van der Waals surface area contributed by atoms with Crippen LogP contribution in [0.4, 0.5) is 0 Å². The third-order valence-corrected chi connectivity index (χ3v) is 1.77. The van der Waals surface area contributed by atoms with Crippen molar-refractivity contribution in [2.75, 3.05) is 6.54 Å². The molecule has 0 saturated heterocycles. The van der Waals surface area contributed by atoms with E-state index in [1.807, 2.05) is 0 Å². The molecule has 13 heavy (non-hydrogen) atoms. The topological polar surface area (TPSA) is 62.4 Å². The Morgan fingerprint density at radius 3 is 2.46 bits per heavy atom. The van der Waals surface area contributed by atoms with E-state index in [-0.39, 0.29) is 5.41 Å². The van der Waals surface area contributed by atoms with Crippen molar-refractivity contribution in [3.63, 3.8) is 0 Å². The molecule has 0 radical (unpaired) electrons. The molecule has 0 unspecified atom stereocenters. The van der Waals surface area contributed by atoms with E-state index in [0.717, 1.165) is 12.5 Å². The van der Waals surface area contributed by atoms with E-state index in [1.54, 1.807) is 0 Å². The minimum atomic E-state index is 0.216. The summed E-state index contributed by atoms with van der Waals surface area (Å²) in [6, 6.07) is 0.592. The van der Waals surface area contributed by atoms with Gasteiger partial charge in [-0.2, -0.15) is 0 Å². The molecular formula is C9H20N4. The second-order valence-corrected chi connectivity index (χ2v) is 4.79. The van der Waals surface area contributed by atoms with Gasteiger partial charge in [-0.25, -0.2) is 5.84 Å². The number of guanidine groups is 1. The lowest BCUT2D eigenvalue weighted by molar-refractivity contribution is 0.428. The van der Waals surface area contributed by atoms with Crippen LogP contribution in [0.2, 0.25) is 0 Å². The zero-order chi connectivity index (χ0) is 9.90. The predicted molar refractivity (Wildman–Crippen MR) is 55.2 cm³/mol. The number of nitrogens with zero attached hydrogens (tertiary/aromatic N) is 1. The van der Waals surface area contributed by atoms with E-state index in [4.69, 9.17) is 5.84 Å². The van der Waals surface area contributed by atoms with Crippen LogP contribution in [0.5, 0.6) is 0 Å². The summed E-state index contributed by atoms with van der Waals surface area (Å²) >= 11 is 0. The van der Waals surface area contributed by atoms with E-state index >= 15 is 0 Å². The van der Waals surface area contributed by atoms with Crippen molar-refractivity contribution < 1.29 is 0 Å². The molecule has 0 amide bonds. The monoisotopic (exact) mass is 184 g/mol. The molecule has 4 nitrogen and oxygen atoms in total. The summed E-state index contributed by atoms with van der Waals surface area (Å²) in [4.78, 5) is 4.36. The van der Waals surface area contributed by atoms with Gasteiger partial charge in [0.05, 0.1) is 0 Å². The summed E-state index contributed by atoms with van der Waals surface area (Å²) in [5.74, 6) is 6.05. The maximum absolute atomic E-state index is 5.33. The Balaban J connectivity index is 2.34. The van der Waals surface area contributed by atoms with Gasteiger partial charge in [-0.15, -0.1) is 0 Å². The Morgan fingerprint density at radius 2 is 2.08 bits per heavy atom. The van der Waals surface area contributed by atoms with E-state index < -0.39 is 0 Å². The average Bonchev–Trinajstić information content (AvgIpc) is 2.79. The summed E-state index contributed by atoms with van der Waals surface area (Å²) in [7, 11) is 0.